The molecule has 0 radical (unpaired) electrons. The molecule has 0 bridgehead atoms. The molecule has 1 N–H and O–H groups in total. The van der Waals surface area contributed by atoms with Gasteiger partial charge < -0.3 is 5.32 Å². The van der Waals surface area contributed by atoms with Gasteiger partial charge in [-0.3, -0.25) is 9.88 Å². The number of nitrogens with one attached hydrogen (secondary N) is 1. The second kappa shape index (κ2) is 6.02. The molecule has 3 rings (SSSR count). The van der Waals surface area contributed by atoms with Crippen molar-refractivity contribution in [2.45, 2.75) is 45.2 Å². The number of rotatable bonds is 5. The number of pyridine rings is 1. The minimum Gasteiger partial charge on any atom is -0.316 e. The topological polar surface area (TPSA) is 28.2 Å². The quantitative estimate of drug-likeness (QED) is 0.880. The Balaban J connectivity index is 1.60. The van der Waals surface area contributed by atoms with Gasteiger partial charge >= 0.3 is 0 Å². The molecule has 1 aromatic rings. The van der Waals surface area contributed by atoms with Crippen molar-refractivity contribution in [3.8, 4) is 0 Å². The van der Waals surface area contributed by atoms with Crippen molar-refractivity contribution >= 4 is 0 Å². The Kier molecular flexibility index (Phi) is 4.14. The van der Waals surface area contributed by atoms with Crippen molar-refractivity contribution in [1.82, 2.24) is 15.2 Å². The normalized spacial score (nSPS) is 23.8. The minimum absolute atomic E-state index is 0.836. The van der Waals surface area contributed by atoms with Gasteiger partial charge in [0.05, 0.1) is 0 Å². The summed E-state index contributed by atoms with van der Waals surface area (Å²) in [5.74, 6) is 0.840. The number of hydrogen-bond donors (Lipinski definition) is 1. The maximum Gasteiger partial charge on any atom is 0.0313 e. The molecule has 2 aliphatic rings. The highest BCUT2D eigenvalue weighted by Crippen LogP contribution is 2.30. The molecule has 2 fully saturated rings. The highest BCUT2D eigenvalue weighted by molar-refractivity contribution is 5.16. The van der Waals surface area contributed by atoms with Crippen LogP contribution in [-0.2, 0) is 6.54 Å². The second-order valence-electron chi connectivity index (χ2n) is 6.24. The maximum atomic E-state index is 4.32. The highest BCUT2D eigenvalue weighted by atomic mass is 15.2. The van der Waals surface area contributed by atoms with E-state index in [1.165, 1.54) is 56.4 Å². The minimum atomic E-state index is 0.836. The lowest BCUT2D eigenvalue weighted by Crippen LogP contribution is -2.39. The zero-order chi connectivity index (χ0) is 13.1. The molecule has 1 aliphatic heterocycles. The molecule has 1 aliphatic carbocycles. The molecule has 2 heterocycles. The lowest BCUT2D eigenvalue weighted by Gasteiger charge is -2.30. The average molecular weight is 259 g/mol. The third kappa shape index (κ3) is 3.77. The van der Waals surface area contributed by atoms with E-state index in [-0.39, 0.29) is 0 Å². The first kappa shape index (κ1) is 13.1. The summed E-state index contributed by atoms with van der Waals surface area (Å²) >= 11 is 0. The van der Waals surface area contributed by atoms with Crippen LogP contribution in [-0.4, -0.2) is 35.6 Å². The predicted octanol–water partition coefficient (Wildman–Crippen LogP) is 2.35. The highest BCUT2D eigenvalue weighted by Gasteiger charge is 2.30. The van der Waals surface area contributed by atoms with Crippen molar-refractivity contribution in [3.63, 3.8) is 0 Å². The number of hydrogen-bond acceptors (Lipinski definition) is 3. The van der Waals surface area contributed by atoms with Gasteiger partial charge in [-0.25, -0.2) is 0 Å². The van der Waals surface area contributed by atoms with E-state index in [0.717, 1.165) is 18.5 Å². The van der Waals surface area contributed by atoms with Gasteiger partial charge in [0, 0.05) is 31.5 Å². The summed E-state index contributed by atoms with van der Waals surface area (Å²) < 4.78 is 0. The van der Waals surface area contributed by atoms with Crippen molar-refractivity contribution in [1.29, 1.82) is 0 Å². The summed E-state index contributed by atoms with van der Waals surface area (Å²) in [6.45, 7) is 6.88. The molecular formula is C16H25N3. The zero-order valence-corrected chi connectivity index (χ0v) is 11.9. The molecule has 0 spiro atoms. The van der Waals surface area contributed by atoms with Crippen molar-refractivity contribution in [2.75, 3.05) is 19.6 Å². The van der Waals surface area contributed by atoms with Crippen LogP contribution >= 0.6 is 0 Å². The Hall–Kier alpha value is -0.930. The van der Waals surface area contributed by atoms with Crippen molar-refractivity contribution in [3.05, 3.63) is 29.6 Å². The first-order valence-corrected chi connectivity index (χ1v) is 7.66. The summed E-state index contributed by atoms with van der Waals surface area (Å²) in [6, 6.07) is 3.11. The summed E-state index contributed by atoms with van der Waals surface area (Å²) in [4.78, 5) is 7.01. The van der Waals surface area contributed by atoms with E-state index in [4.69, 9.17) is 0 Å². The first-order chi connectivity index (χ1) is 9.31. The fourth-order valence-electron chi connectivity index (χ4n) is 3.13. The van der Waals surface area contributed by atoms with E-state index in [9.17, 15) is 0 Å². The number of nitrogens with zero attached hydrogens (tertiary/aromatic N) is 2. The number of aromatic nitrogens is 1. The molecule has 1 unspecified atom stereocenters. The largest absolute Gasteiger partial charge is 0.316 e. The monoisotopic (exact) mass is 259 g/mol. The first-order valence-electron chi connectivity index (χ1n) is 7.66. The van der Waals surface area contributed by atoms with Gasteiger partial charge in [-0.15, -0.1) is 0 Å². The number of piperidine rings is 1. The van der Waals surface area contributed by atoms with Crippen LogP contribution in [0, 0.1) is 12.8 Å². The number of aryl methyl sites for hydroxylation is 1. The third-order valence-electron chi connectivity index (χ3n) is 4.27. The Bertz CT molecular complexity index is 408. The van der Waals surface area contributed by atoms with Crippen LogP contribution in [0.15, 0.2) is 18.5 Å². The van der Waals surface area contributed by atoms with Gasteiger partial charge in [0.15, 0.2) is 0 Å². The molecule has 0 aromatic carbocycles. The summed E-state index contributed by atoms with van der Waals surface area (Å²) in [5.41, 5.74) is 2.64. The fraction of sp³-hybridized carbons (Fsp3) is 0.688. The van der Waals surface area contributed by atoms with Gasteiger partial charge in [0.25, 0.3) is 0 Å². The third-order valence-corrected chi connectivity index (χ3v) is 4.27. The zero-order valence-electron chi connectivity index (χ0n) is 11.9. The molecule has 3 nitrogen and oxygen atoms in total. The lowest BCUT2D eigenvalue weighted by molar-refractivity contribution is 0.192. The van der Waals surface area contributed by atoms with Crippen molar-refractivity contribution in [2.24, 2.45) is 5.92 Å². The molecule has 1 saturated heterocycles. The van der Waals surface area contributed by atoms with Gasteiger partial charge in [0.1, 0.15) is 0 Å². The van der Waals surface area contributed by atoms with E-state index in [1.807, 2.05) is 12.4 Å². The SMILES string of the molecule is Cc1cncc(CN(CC2CCCNC2)C2CC2)c1. The van der Waals surface area contributed by atoms with E-state index in [1.54, 1.807) is 0 Å². The summed E-state index contributed by atoms with van der Waals surface area (Å²) in [7, 11) is 0. The van der Waals surface area contributed by atoms with Crippen LogP contribution in [0.5, 0.6) is 0 Å². The average Bonchev–Trinajstić information content (AvgIpc) is 3.23. The smallest absolute Gasteiger partial charge is 0.0313 e. The van der Waals surface area contributed by atoms with Crippen LogP contribution in [0.25, 0.3) is 0 Å². The van der Waals surface area contributed by atoms with Crippen LogP contribution in [0.3, 0.4) is 0 Å². The van der Waals surface area contributed by atoms with Crippen LogP contribution in [0.1, 0.15) is 36.8 Å². The molecule has 19 heavy (non-hydrogen) atoms. The standard InChI is InChI=1S/C16H25N3/c1-13-7-15(10-18-8-13)12-19(16-4-5-16)11-14-3-2-6-17-9-14/h7-8,10,14,16-17H,2-6,9,11-12H2,1H3. The van der Waals surface area contributed by atoms with E-state index >= 15 is 0 Å². The van der Waals surface area contributed by atoms with Crippen molar-refractivity contribution < 1.29 is 0 Å². The van der Waals surface area contributed by atoms with E-state index in [0.29, 0.717) is 0 Å². The molecule has 3 heteroatoms. The van der Waals surface area contributed by atoms with Gasteiger partial charge in [-0.2, -0.15) is 0 Å². The molecule has 1 atom stereocenters. The molecule has 0 amide bonds. The molecule has 1 aromatic heterocycles. The summed E-state index contributed by atoms with van der Waals surface area (Å²) in [5, 5.41) is 3.53. The maximum absolute atomic E-state index is 4.32. The molecule has 1 saturated carbocycles. The van der Waals surface area contributed by atoms with Crippen LogP contribution in [0.4, 0.5) is 0 Å². The van der Waals surface area contributed by atoms with E-state index < -0.39 is 0 Å². The Morgan fingerprint density at radius 3 is 2.89 bits per heavy atom. The lowest BCUT2D eigenvalue weighted by atomic mass is 9.99. The Labute approximate surface area is 116 Å². The predicted molar refractivity (Wildman–Crippen MR) is 78.0 cm³/mol. The van der Waals surface area contributed by atoms with Crippen LogP contribution in [0.2, 0.25) is 0 Å². The fourth-order valence-corrected chi connectivity index (χ4v) is 3.13. The summed E-state index contributed by atoms with van der Waals surface area (Å²) in [6.07, 6.45) is 9.48. The van der Waals surface area contributed by atoms with Gasteiger partial charge in [-0.1, -0.05) is 6.07 Å². The van der Waals surface area contributed by atoms with Gasteiger partial charge in [0.2, 0.25) is 0 Å². The van der Waals surface area contributed by atoms with E-state index in [2.05, 4.69) is 28.2 Å². The second-order valence-corrected chi connectivity index (χ2v) is 6.24. The van der Waals surface area contributed by atoms with Crippen LogP contribution < -0.4 is 5.32 Å². The molecule has 104 valence electrons. The Morgan fingerprint density at radius 1 is 1.32 bits per heavy atom. The van der Waals surface area contributed by atoms with Gasteiger partial charge in [-0.05, 0) is 62.7 Å². The molecular weight excluding hydrogens is 234 g/mol. The Morgan fingerprint density at radius 2 is 2.21 bits per heavy atom.